The van der Waals surface area contributed by atoms with E-state index in [1.54, 1.807) is 0 Å². The molecule has 0 saturated carbocycles. The molecule has 3 rings (SSSR count). The van der Waals surface area contributed by atoms with Gasteiger partial charge in [-0.1, -0.05) is 0 Å². The van der Waals surface area contributed by atoms with Crippen LogP contribution in [0.2, 0.25) is 0 Å². The molecule has 10 heteroatoms. The Morgan fingerprint density at radius 1 is 1.07 bits per heavy atom. The Morgan fingerprint density at radius 3 is 2.30 bits per heavy atom. The molecule has 0 saturated heterocycles. The summed E-state index contributed by atoms with van der Waals surface area (Å²) in [5.41, 5.74) is 6.20. The number of aryl methyl sites for hydroxylation is 1. The summed E-state index contributed by atoms with van der Waals surface area (Å²) in [5.74, 6) is -6.89. The fraction of sp³-hybridized carbons (Fsp3) is 0.0588. The first kappa shape index (κ1) is 18.2. The smallest absolute Gasteiger partial charge is 0.341 e. The van der Waals surface area contributed by atoms with E-state index < -0.39 is 68.2 Å². The Balaban J connectivity index is 2.65. The van der Waals surface area contributed by atoms with E-state index >= 15 is 0 Å². The van der Waals surface area contributed by atoms with Crippen LogP contribution < -0.4 is 16.9 Å². The number of pyridine rings is 1. The maximum absolute atomic E-state index is 14.3. The third kappa shape index (κ3) is 2.57. The summed E-state index contributed by atoms with van der Waals surface area (Å²) in [6.07, 6.45) is 0.715. The van der Waals surface area contributed by atoms with Gasteiger partial charge >= 0.3 is 5.97 Å². The summed E-state index contributed by atoms with van der Waals surface area (Å²) in [6.45, 7) is 1.10. The summed E-state index contributed by atoms with van der Waals surface area (Å²) in [4.78, 5) is 23.9. The summed E-state index contributed by atoms with van der Waals surface area (Å²) in [7, 11) is 0. The first-order valence-corrected chi connectivity index (χ1v) is 7.36. The van der Waals surface area contributed by atoms with E-state index in [0.29, 0.717) is 12.3 Å². The van der Waals surface area contributed by atoms with Gasteiger partial charge in [-0.05, 0) is 13.0 Å². The van der Waals surface area contributed by atoms with Gasteiger partial charge < -0.3 is 21.1 Å². The number of nitrogens with two attached hydrogens (primary N) is 2. The number of nitrogens with zero attached hydrogens (tertiary/aromatic N) is 1. The Labute approximate surface area is 148 Å². The van der Waals surface area contributed by atoms with Crippen molar-refractivity contribution in [3.8, 4) is 5.69 Å². The van der Waals surface area contributed by atoms with E-state index in [-0.39, 0.29) is 5.52 Å². The summed E-state index contributed by atoms with van der Waals surface area (Å²) < 4.78 is 56.8. The number of benzene rings is 2. The van der Waals surface area contributed by atoms with E-state index in [1.165, 1.54) is 0 Å². The molecule has 0 spiro atoms. The maximum atomic E-state index is 14.3. The van der Waals surface area contributed by atoms with Crippen molar-refractivity contribution in [3.05, 3.63) is 62.9 Å². The number of halogens is 4. The van der Waals surface area contributed by atoms with Crippen LogP contribution in [-0.2, 0) is 0 Å². The fourth-order valence-corrected chi connectivity index (χ4v) is 2.81. The lowest BCUT2D eigenvalue weighted by atomic mass is 10.0. The normalized spacial score (nSPS) is 11.1. The van der Waals surface area contributed by atoms with Crippen molar-refractivity contribution >= 4 is 28.2 Å². The zero-order valence-corrected chi connectivity index (χ0v) is 13.6. The van der Waals surface area contributed by atoms with Gasteiger partial charge in [0.15, 0.2) is 11.6 Å². The Kier molecular flexibility index (Phi) is 4.06. The van der Waals surface area contributed by atoms with Crippen LogP contribution >= 0.6 is 0 Å². The molecule has 5 N–H and O–H groups in total. The minimum absolute atomic E-state index is 0.369. The van der Waals surface area contributed by atoms with Crippen LogP contribution in [0.1, 0.15) is 15.9 Å². The quantitative estimate of drug-likeness (QED) is 0.467. The number of hydrogen-bond acceptors (Lipinski definition) is 4. The van der Waals surface area contributed by atoms with Gasteiger partial charge in [0.1, 0.15) is 17.2 Å². The Morgan fingerprint density at radius 2 is 1.70 bits per heavy atom. The van der Waals surface area contributed by atoms with Crippen molar-refractivity contribution < 1.29 is 27.5 Å². The SMILES string of the molecule is Cc1c(F)c(F)c(N)c2c(=O)c(C(=O)O)cn(-c3cc(N)c(F)cc3F)c12. The standard InChI is InChI=1S/C17H11F4N3O3/c1-5-12(20)13(21)14(23)11-15(5)24(4-6(16(11)25)17(26)27)10-3-9(22)7(18)2-8(10)19/h2-4H,22-23H2,1H3,(H,26,27). The van der Waals surface area contributed by atoms with Crippen molar-refractivity contribution in [2.45, 2.75) is 6.92 Å². The number of carbonyl (C=O) groups is 1. The number of carboxylic acid groups (broad SMARTS) is 1. The van der Waals surface area contributed by atoms with Crippen molar-refractivity contribution in [3.63, 3.8) is 0 Å². The zero-order valence-electron chi connectivity index (χ0n) is 13.6. The number of rotatable bonds is 2. The molecule has 0 bridgehead atoms. The minimum Gasteiger partial charge on any atom is -0.477 e. The average Bonchev–Trinajstić information content (AvgIpc) is 2.60. The van der Waals surface area contributed by atoms with Gasteiger partial charge in [-0.25, -0.2) is 22.4 Å². The highest BCUT2D eigenvalue weighted by molar-refractivity contribution is 5.99. The van der Waals surface area contributed by atoms with Crippen molar-refractivity contribution in [1.82, 2.24) is 4.57 Å². The van der Waals surface area contributed by atoms with Crippen LogP contribution in [0, 0.1) is 30.2 Å². The van der Waals surface area contributed by atoms with Crippen LogP contribution in [0.15, 0.2) is 23.1 Å². The number of carboxylic acids is 1. The van der Waals surface area contributed by atoms with E-state index in [1.807, 2.05) is 0 Å². The Hall–Kier alpha value is -3.56. The molecule has 140 valence electrons. The second-order valence-electron chi connectivity index (χ2n) is 5.76. The summed E-state index contributed by atoms with van der Waals surface area (Å²) >= 11 is 0. The molecule has 3 aromatic rings. The molecular formula is C17H11F4N3O3. The summed E-state index contributed by atoms with van der Waals surface area (Å²) in [6, 6.07) is 1.27. The third-order valence-corrected chi connectivity index (χ3v) is 4.15. The zero-order chi connectivity index (χ0) is 20.2. The van der Waals surface area contributed by atoms with Crippen LogP contribution in [-0.4, -0.2) is 15.6 Å². The van der Waals surface area contributed by atoms with E-state index in [4.69, 9.17) is 11.5 Å². The molecule has 0 aliphatic carbocycles. The molecule has 0 fully saturated rings. The molecule has 0 atom stereocenters. The molecule has 0 unspecified atom stereocenters. The molecule has 1 aromatic heterocycles. The largest absolute Gasteiger partial charge is 0.477 e. The van der Waals surface area contributed by atoms with Gasteiger partial charge in [0, 0.05) is 17.8 Å². The molecule has 0 aliphatic heterocycles. The number of nitrogen functional groups attached to an aromatic ring is 2. The predicted molar refractivity (Wildman–Crippen MR) is 89.9 cm³/mol. The highest BCUT2D eigenvalue weighted by atomic mass is 19.2. The molecule has 0 radical (unpaired) electrons. The number of fused-ring (bicyclic) bond motifs is 1. The second kappa shape index (κ2) is 6.01. The molecule has 0 aliphatic rings. The van der Waals surface area contributed by atoms with E-state index in [0.717, 1.165) is 17.6 Å². The minimum atomic E-state index is -1.70. The highest BCUT2D eigenvalue weighted by Gasteiger charge is 2.25. The van der Waals surface area contributed by atoms with Crippen LogP contribution in [0.25, 0.3) is 16.6 Å². The molecule has 6 nitrogen and oxygen atoms in total. The molecule has 0 amide bonds. The van der Waals surface area contributed by atoms with Gasteiger partial charge in [-0.15, -0.1) is 0 Å². The first-order valence-electron chi connectivity index (χ1n) is 7.36. The highest BCUT2D eigenvalue weighted by Crippen LogP contribution is 2.32. The molecule has 2 aromatic carbocycles. The lowest BCUT2D eigenvalue weighted by Gasteiger charge is -2.18. The van der Waals surface area contributed by atoms with E-state index in [9.17, 15) is 32.3 Å². The summed E-state index contributed by atoms with van der Waals surface area (Å²) in [5, 5.41) is 8.60. The van der Waals surface area contributed by atoms with E-state index in [2.05, 4.69) is 0 Å². The van der Waals surface area contributed by atoms with Crippen LogP contribution in [0.4, 0.5) is 28.9 Å². The molecule has 1 heterocycles. The third-order valence-electron chi connectivity index (χ3n) is 4.15. The van der Waals surface area contributed by atoms with Gasteiger partial charge in [-0.3, -0.25) is 4.79 Å². The topological polar surface area (TPSA) is 111 Å². The lowest BCUT2D eigenvalue weighted by Crippen LogP contribution is -2.21. The lowest BCUT2D eigenvalue weighted by molar-refractivity contribution is 0.0695. The second-order valence-corrected chi connectivity index (χ2v) is 5.76. The number of aromatic nitrogens is 1. The number of hydrogen-bond donors (Lipinski definition) is 3. The van der Waals surface area contributed by atoms with Gasteiger partial charge in [0.2, 0.25) is 5.43 Å². The first-order chi connectivity index (χ1) is 12.6. The predicted octanol–water partition coefficient (Wildman–Crippen LogP) is 2.72. The number of aromatic carboxylic acids is 1. The fourth-order valence-electron chi connectivity index (χ4n) is 2.81. The molecular weight excluding hydrogens is 370 g/mol. The van der Waals surface area contributed by atoms with Crippen LogP contribution in [0.3, 0.4) is 0 Å². The van der Waals surface area contributed by atoms with Crippen molar-refractivity contribution in [2.24, 2.45) is 0 Å². The van der Waals surface area contributed by atoms with Crippen LogP contribution in [0.5, 0.6) is 0 Å². The van der Waals surface area contributed by atoms with Gasteiger partial charge in [-0.2, -0.15) is 0 Å². The van der Waals surface area contributed by atoms with Gasteiger partial charge in [0.05, 0.1) is 28.0 Å². The maximum Gasteiger partial charge on any atom is 0.341 e. The monoisotopic (exact) mass is 381 g/mol. The molecule has 27 heavy (non-hydrogen) atoms. The average molecular weight is 381 g/mol. The Bertz CT molecular complexity index is 1200. The van der Waals surface area contributed by atoms with Gasteiger partial charge in [0.25, 0.3) is 0 Å². The number of anilines is 2. The van der Waals surface area contributed by atoms with Crippen molar-refractivity contribution in [1.29, 1.82) is 0 Å². The van der Waals surface area contributed by atoms with Crippen molar-refractivity contribution in [2.75, 3.05) is 11.5 Å².